The molecule has 3 heteroatoms. The van der Waals surface area contributed by atoms with Gasteiger partial charge in [0.1, 0.15) is 0 Å². The van der Waals surface area contributed by atoms with Crippen molar-refractivity contribution in [1.29, 1.82) is 0 Å². The van der Waals surface area contributed by atoms with Crippen molar-refractivity contribution >= 4 is 11.8 Å². The molecule has 0 aliphatic heterocycles. The Morgan fingerprint density at radius 3 is 2.93 bits per heavy atom. The second kappa shape index (κ2) is 7.83. The SMILES string of the molecule is CCCSCC(Cc1ccoc1)NCC. The van der Waals surface area contributed by atoms with Crippen molar-refractivity contribution in [3.8, 4) is 0 Å². The third-order valence-electron chi connectivity index (χ3n) is 2.22. The van der Waals surface area contributed by atoms with Crippen LogP contribution in [0.3, 0.4) is 0 Å². The van der Waals surface area contributed by atoms with Gasteiger partial charge >= 0.3 is 0 Å². The number of furan rings is 1. The van der Waals surface area contributed by atoms with Crippen LogP contribution in [0.4, 0.5) is 0 Å². The van der Waals surface area contributed by atoms with Gasteiger partial charge in [0.05, 0.1) is 12.5 Å². The highest BCUT2D eigenvalue weighted by molar-refractivity contribution is 7.99. The highest BCUT2D eigenvalue weighted by atomic mass is 32.2. The first kappa shape index (κ1) is 12.7. The number of thioether (sulfide) groups is 1. The first-order chi connectivity index (χ1) is 7.36. The van der Waals surface area contributed by atoms with Gasteiger partial charge in [0, 0.05) is 11.8 Å². The third kappa shape index (κ3) is 5.28. The van der Waals surface area contributed by atoms with Gasteiger partial charge in [0.15, 0.2) is 0 Å². The fourth-order valence-electron chi connectivity index (χ4n) is 1.54. The molecule has 86 valence electrons. The molecule has 0 spiro atoms. The first-order valence-electron chi connectivity index (χ1n) is 5.69. The lowest BCUT2D eigenvalue weighted by Crippen LogP contribution is -2.33. The van der Waals surface area contributed by atoms with Crippen molar-refractivity contribution in [2.45, 2.75) is 32.7 Å². The molecule has 1 atom stereocenters. The maximum absolute atomic E-state index is 5.08. The summed E-state index contributed by atoms with van der Waals surface area (Å²) in [5, 5.41) is 3.52. The fraction of sp³-hybridized carbons (Fsp3) is 0.667. The molecule has 0 radical (unpaired) electrons. The van der Waals surface area contributed by atoms with Gasteiger partial charge in [-0.25, -0.2) is 0 Å². The average Bonchev–Trinajstić information content (AvgIpc) is 2.71. The maximum Gasteiger partial charge on any atom is 0.0935 e. The van der Waals surface area contributed by atoms with E-state index in [1.807, 2.05) is 18.0 Å². The first-order valence-corrected chi connectivity index (χ1v) is 6.84. The predicted octanol–water partition coefficient (Wildman–Crippen LogP) is 2.94. The number of hydrogen-bond donors (Lipinski definition) is 1. The van der Waals surface area contributed by atoms with E-state index < -0.39 is 0 Å². The molecule has 1 rings (SSSR count). The third-order valence-corrected chi connectivity index (χ3v) is 3.56. The Bertz CT molecular complexity index is 236. The topological polar surface area (TPSA) is 25.2 Å². The smallest absolute Gasteiger partial charge is 0.0935 e. The molecule has 1 N–H and O–H groups in total. The van der Waals surface area contributed by atoms with Crippen molar-refractivity contribution in [1.82, 2.24) is 5.32 Å². The van der Waals surface area contributed by atoms with Crippen LogP contribution in [0.15, 0.2) is 23.0 Å². The highest BCUT2D eigenvalue weighted by Crippen LogP contribution is 2.10. The number of hydrogen-bond acceptors (Lipinski definition) is 3. The van der Waals surface area contributed by atoms with E-state index in [1.54, 1.807) is 6.26 Å². The second-order valence-electron chi connectivity index (χ2n) is 3.67. The maximum atomic E-state index is 5.08. The minimum Gasteiger partial charge on any atom is -0.472 e. The Labute approximate surface area is 96.8 Å². The van der Waals surface area contributed by atoms with Gasteiger partial charge < -0.3 is 9.73 Å². The predicted molar refractivity (Wildman–Crippen MR) is 67.5 cm³/mol. The summed E-state index contributed by atoms with van der Waals surface area (Å²) in [6.45, 7) is 5.42. The van der Waals surface area contributed by atoms with Gasteiger partial charge in [-0.1, -0.05) is 13.8 Å². The van der Waals surface area contributed by atoms with Gasteiger partial charge in [-0.3, -0.25) is 0 Å². The zero-order valence-corrected chi connectivity index (χ0v) is 10.5. The van der Waals surface area contributed by atoms with Crippen LogP contribution in [0.1, 0.15) is 25.8 Å². The van der Waals surface area contributed by atoms with Crippen molar-refractivity contribution in [2.24, 2.45) is 0 Å². The Kier molecular flexibility index (Phi) is 6.60. The van der Waals surface area contributed by atoms with E-state index in [0.717, 1.165) is 13.0 Å². The largest absolute Gasteiger partial charge is 0.472 e. The molecule has 0 bridgehead atoms. The summed E-state index contributed by atoms with van der Waals surface area (Å²) in [5.41, 5.74) is 1.29. The van der Waals surface area contributed by atoms with Crippen LogP contribution >= 0.6 is 11.8 Å². The number of likely N-dealkylation sites (N-methyl/N-ethyl adjacent to an activating group) is 1. The molecule has 1 aromatic heterocycles. The summed E-state index contributed by atoms with van der Waals surface area (Å²) in [6, 6.07) is 2.62. The molecule has 0 aliphatic carbocycles. The molecule has 2 nitrogen and oxygen atoms in total. The van der Waals surface area contributed by atoms with E-state index >= 15 is 0 Å². The Hall–Kier alpha value is -0.410. The van der Waals surface area contributed by atoms with Crippen molar-refractivity contribution < 1.29 is 4.42 Å². The molecule has 0 saturated heterocycles. The Balaban J connectivity index is 2.29. The van der Waals surface area contributed by atoms with E-state index in [0.29, 0.717) is 6.04 Å². The van der Waals surface area contributed by atoms with Gasteiger partial charge in [-0.15, -0.1) is 0 Å². The van der Waals surface area contributed by atoms with Gasteiger partial charge in [-0.2, -0.15) is 11.8 Å². The van der Waals surface area contributed by atoms with E-state index in [-0.39, 0.29) is 0 Å². The van der Waals surface area contributed by atoms with E-state index in [4.69, 9.17) is 4.42 Å². The summed E-state index contributed by atoms with van der Waals surface area (Å²) in [5.74, 6) is 2.44. The van der Waals surface area contributed by atoms with Crippen molar-refractivity contribution in [2.75, 3.05) is 18.1 Å². The summed E-state index contributed by atoms with van der Waals surface area (Å²) in [4.78, 5) is 0. The van der Waals surface area contributed by atoms with Crippen LogP contribution < -0.4 is 5.32 Å². The van der Waals surface area contributed by atoms with Crippen LogP contribution in [0.25, 0.3) is 0 Å². The van der Waals surface area contributed by atoms with E-state index in [1.165, 1.54) is 23.5 Å². The van der Waals surface area contributed by atoms with Gasteiger partial charge in [0.25, 0.3) is 0 Å². The minimum atomic E-state index is 0.573. The van der Waals surface area contributed by atoms with E-state index in [2.05, 4.69) is 25.2 Å². The van der Waals surface area contributed by atoms with Gasteiger partial charge in [-0.05, 0) is 36.8 Å². The molecule has 0 fully saturated rings. The Morgan fingerprint density at radius 2 is 2.33 bits per heavy atom. The highest BCUT2D eigenvalue weighted by Gasteiger charge is 2.08. The Morgan fingerprint density at radius 1 is 1.47 bits per heavy atom. The molecule has 0 aromatic carbocycles. The molecule has 0 amide bonds. The van der Waals surface area contributed by atoms with Crippen LogP contribution in [-0.4, -0.2) is 24.1 Å². The standard InChI is InChI=1S/C12H21NOS/c1-3-7-15-10-12(13-4-2)8-11-5-6-14-9-11/h5-6,9,12-13H,3-4,7-8,10H2,1-2H3. The minimum absolute atomic E-state index is 0.573. The molecular weight excluding hydrogens is 206 g/mol. The zero-order chi connectivity index (χ0) is 10.9. The number of nitrogens with one attached hydrogen (secondary N) is 1. The lowest BCUT2D eigenvalue weighted by Gasteiger charge is -2.16. The van der Waals surface area contributed by atoms with Crippen LogP contribution in [0.5, 0.6) is 0 Å². The monoisotopic (exact) mass is 227 g/mol. The van der Waals surface area contributed by atoms with E-state index in [9.17, 15) is 0 Å². The quantitative estimate of drug-likeness (QED) is 0.691. The van der Waals surface area contributed by atoms with Gasteiger partial charge in [0.2, 0.25) is 0 Å². The average molecular weight is 227 g/mol. The summed E-state index contributed by atoms with van der Waals surface area (Å²) >= 11 is 2.03. The molecule has 15 heavy (non-hydrogen) atoms. The molecule has 0 saturated carbocycles. The second-order valence-corrected chi connectivity index (χ2v) is 4.82. The van der Waals surface area contributed by atoms with Crippen molar-refractivity contribution in [3.63, 3.8) is 0 Å². The van der Waals surface area contributed by atoms with Crippen molar-refractivity contribution in [3.05, 3.63) is 24.2 Å². The summed E-state index contributed by atoms with van der Waals surface area (Å²) in [7, 11) is 0. The number of rotatable bonds is 8. The fourth-order valence-corrected chi connectivity index (χ4v) is 2.52. The summed E-state index contributed by atoms with van der Waals surface area (Å²) < 4.78 is 5.08. The summed E-state index contributed by atoms with van der Waals surface area (Å²) in [6.07, 6.45) is 5.92. The molecule has 1 heterocycles. The zero-order valence-electron chi connectivity index (χ0n) is 9.66. The lowest BCUT2D eigenvalue weighted by atomic mass is 10.1. The molecule has 1 unspecified atom stereocenters. The normalized spacial score (nSPS) is 12.9. The van der Waals surface area contributed by atoms with Crippen LogP contribution in [0.2, 0.25) is 0 Å². The molecular formula is C12H21NOS. The van der Waals surface area contributed by atoms with Crippen LogP contribution in [-0.2, 0) is 6.42 Å². The molecule has 1 aromatic rings. The lowest BCUT2D eigenvalue weighted by molar-refractivity contribution is 0.547. The molecule has 0 aliphatic rings. The van der Waals surface area contributed by atoms with Crippen LogP contribution in [0, 0.1) is 0 Å².